The fourth-order valence-corrected chi connectivity index (χ4v) is 3.59. The molecule has 0 saturated heterocycles. The first-order valence-corrected chi connectivity index (χ1v) is 11.2. The highest BCUT2D eigenvalue weighted by molar-refractivity contribution is 5.99. The molecule has 38 heavy (non-hydrogen) atoms. The van der Waals surface area contributed by atoms with Crippen molar-refractivity contribution >= 4 is 23.1 Å². The summed E-state index contributed by atoms with van der Waals surface area (Å²) in [5.41, 5.74) is 1.91. The molecule has 3 heterocycles. The average Bonchev–Trinajstić information content (AvgIpc) is 3.33. The number of amides is 2. The minimum Gasteiger partial charge on any atom is -0.495 e. The fourth-order valence-electron chi connectivity index (χ4n) is 3.59. The molecule has 12 heteroatoms. The van der Waals surface area contributed by atoms with Crippen molar-refractivity contribution in [1.29, 1.82) is 0 Å². The van der Waals surface area contributed by atoms with Gasteiger partial charge in [0.1, 0.15) is 17.1 Å². The number of methoxy groups -OCH3 is 1. The smallest absolute Gasteiger partial charge is 0.416 e. The molecule has 5 rings (SSSR count). The number of urea groups is 1. The molecule has 2 aromatic carbocycles. The number of alkyl halides is 3. The summed E-state index contributed by atoms with van der Waals surface area (Å²) in [6, 6.07) is 14.6. The minimum atomic E-state index is -4.51. The van der Waals surface area contributed by atoms with Crippen molar-refractivity contribution in [3.05, 3.63) is 91.0 Å². The van der Waals surface area contributed by atoms with Gasteiger partial charge in [0.15, 0.2) is 0 Å². The summed E-state index contributed by atoms with van der Waals surface area (Å²) in [6.07, 6.45) is 1.73. The number of aromatic nitrogens is 4. The zero-order valence-electron chi connectivity index (χ0n) is 19.7. The van der Waals surface area contributed by atoms with Crippen molar-refractivity contribution in [3.8, 4) is 28.8 Å². The number of hydrogen-bond acceptors (Lipinski definition) is 6. The number of pyridine rings is 1. The number of carbonyl (C=O) groups excluding carboxylic acids is 1. The quantitative estimate of drug-likeness (QED) is 0.274. The van der Waals surface area contributed by atoms with Gasteiger partial charge in [0.2, 0.25) is 0 Å². The maximum Gasteiger partial charge on any atom is 0.416 e. The lowest BCUT2D eigenvalue weighted by molar-refractivity contribution is -0.137. The molecule has 192 valence electrons. The van der Waals surface area contributed by atoms with Crippen LogP contribution in [-0.4, -0.2) is 32.5 Å². The minimum absolute atomic E-state index is 0.00953. The van der Waals surface area contributed by atoms with Crippen LogP contribution in [0.1, 0.15) is 5.56 Å². The monoisotopic (exact) mass is 520 g/mol. The Kier molecular flexibility index (Phi) is 6.52. The van der Waals surface area contributed by atoms with E-state index >= 15 is 0 Å². The Labute approximate surface area is 213 Å². The second-order valence-electron chi connectivity index (χ2n) is 7.98. The number of carbonyl (C=O) groups is 1. The van der Waals surface area contributed by atoms with Gasteiger partial charge in [0.05, 0.1) is 48.8 Å². The molecule has 0 unspecified atom stereocenters. The highest BCUT2D eigenvalue weighted by Crippen LogP contribution is 2.31. The van der Waals surface area contributed by atoms with Crippen molar-refractivity contribution in [2.45, 2.75) is 6.18 Å². The summed E-state index contributed by atoms with van der Waals surface area (Å²) in [5, 5.41) is 4.80. The predicted molar refractivity (Wildman–Crippen MR) is 133 cm³/mol. The largest absolute Gasteiger partial charge is 0.495 e. The standard InChI is InChI=1S/C26H19F3N6O3/c1-37-21-9-10-23-30-14-22(35(23)15-21)16-5-7-20(8-6-16)38-25-31-12-19(13-32-25)34-24(36)33-18-4-2-3-17(11-18)26(27,28)29/h2-15H,1H3,(H2,33,34,36). The summed E-state index contributed by atoms with van der Waals surface area (Å²) in [7, 11) is 1.60. The average molecular weight is 520 g/mol. The summed E-state index contributed by atoms with van der Waals surface area (Å²) in [5.74, 6) is 1.20. The molecule has 9 nitrogen and oxygen atoms in total. The molecular weight excluding hydrogens is 501 g/mol. The van der Waals surface area contributed by atoms with E-state index in [1.807, 2.05) is 34.9 Å². The van der Waals surface area contributed by atoms with Gasteiger partial charge >= 0.3 is 18.2 Å². The third-order valence-corrected chi connectivity index (χ3v) is 5.41. The van der Waals surface area contributed by atoms with E-state index in [2.05, 4.69) is 25.6 Å². The van der Waals surface area contributed by atoms with Crippen molar-refractivity contribution in [3.63, 3.8) is 0 Å². The molecule has 0 spiro atoms. The van der Waals surface area contributed by atoms with Crippen LogP contribution in [0.5, 0.6) is 17.5 Å². The number of anilines is 2. The highest BCUT2D eigenvalue weighted by Gasteiger charge is 2.30. The van der Waals surface area contributed by atoms with Gasteiger partial charge in [0, 0.05) is 11.3 Å². The first-order chi connectivity index (χ1) is 18.3. The summed E-state index contributed by atoms with van der Waals surface area (Å²) >= 11 is 0. The van der Waals surface area contributed by atoms with E-state index in [-0.39, 0.29) is 17.4 Å². The molecule has 0 bridgehead atoms. The van der Waals surface area contributed by atoms with Crippen molar-refractivity contribution in [2.75, 3.05) is 17.7 Å². The third-order valence-electron chi connectivity index (χ3n) is 5.41. The Balaban J connectivity index is 1.21. The Morgan fingerprint density at radius 2 is 1.58 bits per heavy atom. The van der Waals surface area contributed by atoms with Crippen LogP contribution in [0.4, 0.5) is 29.3 Å². The van der Waals surface area contributed by atoms with Gasteiger partial charge in [0.25, 0.3) is 0 Å². The van der Waals surface area contributed by atoms with E-state index in [9.17, 15) is 18.0 Å². The van der Waals surface area contributed by atoms with Gasteiger partial charge in [-0.2, -0.15) is 13.2 Å². The first kappa shape index (κ1) is 24.6. The second kappa shape index (κ2) is 10.1. The van der Waals surface area contributed by atoms with Crippen LogP contribution in [0.15, 0.2) is 85.5 Å². The molecule has 0 radical (unpaired) electrons. The van der Waals surface area contributed by atoms with Gasteiger partial charge in [-0.15, -0.1) is 0 Å². The fraction of sp³-hybridized carbons (Fsp3) is 0.0769. The zero-order valence-corrected chi connectivity index (χ0v) is 19.7. The van der Waals surface area contributed by atoms with Gasteiger partial charge in [-0.3, -0.25) is 4.40 Å². The maximum atomic E-state index is 12.8. The Hall–Kier alpha value is -5.13. The Morgan fingerprint density at radius 1 is 0.868 bits per heavy atom. The van der Waals surface area contributed by atoms with Crippen LogP contribution in [-0.2, 0) is 6.18 Å². The highest BCUT2D eigenvalue weighted by atomic mass is 19.4. The summed E-state index contributed by atoms with van der Waals surface area (Å²) in [4.78, 5) is 24.7. The Morgan fingerprint density at radius 3 is 2.29 bits per heavy atom. The maximum absolute atomic E-state index is 12.8. The lowest BCUT2D eigenvalue weighted by Crippen LogP contribution is -2.20. The molecule has 0 aliphatic rings. The van der Waals surface area contributed by atoms with Gasteiger partial charge in [-0.25, -0.2) is 19.7 Å². The lowest BCUT2D eigenvalue weighted by atomic mass is 10.1. The summed E-state index contributed by atoms with van der Waals surface area (Å²) < 4.78 is 51.4. The molecule has 0 atom stereocenters. The lowest BCUT2D eigenvalue weighted by Gasteiger charge is -2.11. The Bertz CT molecular complexity index is 1590. The van der Waals surface area contributed by atoms with E-state index in [0.29, 0.717) is 11.5 Å². The van der Waals surface area contributed by atoms with Crippen LogP contribution >= 0.6 is 0 Å². The number of nitrogens with one attached hydrogen (secondary N) is 2. The van der Waals surface area contributed by atoms with Gasteiger partial charge in [-0.05, 0) is 54.6 Å². The number of rotatable bonds is 6. The number of imidazole rings is 1. The van der Waals surface area contributed by atoms with E-state index in [4.69, 9.17) is 9.47 Å². The first-order valence-electron chi connectivity index (χ1n) is 11.2. The zero-order chi connectivity index (χ0) is 26.7. The van der Waals surface area contributed by atoms with Crippen LogP contribution < -0.4 is 20.1 Å². The number of benzene rings is 2. The van der Waals surface area contributed by atoms with E-state index in [0.717, 1.165) is 29.0 Å². The molecule has 0 fully saturated rings. The number of hydrogen-bond donors (Lipinski definition) is 2. The normalized spacial score (nSPS) is 11.3. The van der Waals surface area contributed by atoms with Crippen LogP contribution in [0, 0.1) is 0 Å². The SMILES string of the molecule is COc1ccc2ncc(-c3ccc(Oc4ncc(NC(=O)Nc5cccc(C(F)(F)F)c5)cn4)cc3)n2c1. The molecular formula is C26H19F3N6O3. The van der Waals surface area contributed by atoms with E-state index < -0.39 is 17.8 Å². The van der Waals surface area contributed by atoms with Crippen LogP contribution in [0.2, 0.25) is 0 Å². The molecule has 0 saturated carbocycles. The number of halogens is 3. The molecule has 5 aromatic rings. The third kappa shape index (κ3) is 5.48. The number of nitrogens with zero attached hydrogens (tertiary/aromatic N) is 4. The molecule has 2 N–H and O–H groups in total. The topological polar surface area (TPSA) is 103 Å². The predicted octanol–water partition coefficient (Wildman–Crippen LogP) is 6.26. The van der Waals surface area contributed by atoms with E-state index in [1.54, 1.807) is 25.4 Å². The van der Waals surface area contributed by atoms with Gasteiger partial charge in [-0.1, -0.05) is 6.07 Å². The molecule has 2 amide bonds. The molecule has 0 aliphatic carbocycles. The van der Waals surface area contributed by atoms with Crippen LogP contribution in [0.25, 0.3) is 16.9 Å². The molecule has 0 aliphatic heterocycles. The number of ether oxygens (including phenoxy) is 2. The van der Waals surface area contributed by atoms with Crippen molar-refractivity contribution < 1.29 is 27.4 Å². The second-order valence-corrected chi connectivity index (χ2v) is 7.98. The van der Waals surface area contributed by atoms with Crippen molar-refractivity contribution in [1.82, 2.24) is 19.4 Å². The summed E-state index contributed by atoms with van der Waals surface area (Å²) in [6.45, 7) is 0. The number of fused-ring (bicyclic) bond motifs is 1. The van der Waals surface area contributed by atoms with Crippen LogP contribution in [0.3, 0.4) is 0 Å². The molecule has 3 aromatic heterocycles. The van der Waals surface area contributed by atoms with Gasteiger partial charge < -0.3 is 20.1 Å². The van der Waals surface area contributed by atoms with E-state index in [1.165, 1.54) is 24.5 Å². The van der Waals surface area contributed by atoms with Crippen molar-refractivity contribution in [2.24, 2.45) is 0 Å².